The van der Waals surface area contributed by atoms with Gasteiger partial charge in [-0.3, -0.25) is 9.36 Å². The monoisotopic (exact) mass is 560 g/mol. The van der Waals surface area contributed by atoms with E-state index in [9.17, 15) is 18.0 Å². The number of anilines is 1. The van der Waals surface area contributed by atoms with Crippen LogP contribution in [0.4, 0.5) is 18.9 Å². The third-order valence-corrected chi connectivity index (χ3v) is 9.63. The molecule has 0 amide bonds. The molecule has 0 saturated heterocycles. The van der Waals surface area contributed by atoms with E-state index in [1.54, 1.807) is 22.4 Å². The van der Waals surface area contributed by atoms with E-state index in [1.165, 1.54) is 40.4 Å². The van der Waals surface area contributed by atoms with E-state index in [1.807, 2.05) is 36.2 Å². The molecular weight excluding hydrogens is 536 g/mol. The number of hydrogen-bond donors (Lipinski definition) is 0. The van der Waals surface area contributed by atoms with Gasteiger partial charge in [-0.05, 0) is 43.2 Å². The van der Waals surface area contributed by atoms with Crippen LogP contribution in [0.2, 0.25) is 0 Å². The average molecular weight is 561 g/mol. The maximum Gasteiger partial charge on any atom is 0.416 e. The van der Waals surface area contributed by atoms with E-state index >= 15 is 0 Å². The summed E-state index contributed by atoms with van der Waals surface area (Å²) in [7, 11) is 1.98. The summed E-state index contributed by atoms with van der Waals surface area (Å²) >= 11 is 4.57. The third-order valence-electron chi connectivity index (χ3n) is 6.31. The van der Waals surface area contributed by atoms with Gasteiger partial charge in [0.1, 0.15) is 14.2 Å². The van der Waals surface area contributed by atoms with Crippen LogP contribution in [0.25, 0.3) is 11.1 Å². The van der Waals surface area contributed by atoms with Crippen molar-refractivity contribution in [3.05, 3.63) is 95.3 Å². The Morgan fingerprint density at radius 1 is 1.14 bits per heavy atom. The fraction of sp³-hybridized carbons (Fsp3) is 0.259. The van der Waals surface area contributed by atoms with Crippen LogP contribution in [0.5, 0.6) is 0 Å². The topological polar surface area (TPSA) is 29.1 Å². The van der Waals surface area contributed by atoms with Gasteiger partial charge in [-0.1, -0.05) is 47.4 Å². The fourth-order valence-electron chi connectivity index (χ4n) is 4.41. The first-order valence-electron chi connectivity index (χ1n) is 11.8. The molecule has 0 radical (unpaired) electrons. The number of aryl methyl sites for hydroxylation is 3. The van der Waals surface area contributed by atoms with E-state index < -0.39 is 11.7 Å². The van der Waals surface area contributed by atoms with Crippen molar-refractivity contribution in [3.8, 4) is 0 Å². The second-order valence-corrected chi connectivity index (χ2v) is 11.7. The smallest absolute Gasteiger partial charge is 0.337 e. The molecule has 0 saturated carbocycles. The van der Waals surface area contributed by atoms with Crippen LogP contribution in [-0.4, -0.2) is 11.6 Å². The van der Waals surface area contributed by atoms with Gasteiger partial charge in [0.2, 0.25) is 0 Å². The van der Waals surface area contributed by atoms with Crippen molar-refractivity contribution in [2.24, 2.45) is 0 Å². The summed E-state index contributed by atoms with van der Waals surface area (Å²) in [6.45, 7) is 4.93. The minimum atomic E-state index is -4.38. The average Bonchev–Trinajstić information content (AvgIpc) is 3.52. The molecule has 3 heterocycles. The maximum absolute atomic E-state index is 13.4. The number of halogens is 3. The zero-order chi connectivity index (χ0) is 26.3. The Hall–Kier alpha value is -2.82. The SMILES string of the molecule is CCn1c(=O)/c(=C2\Sc3cc(C)ccc3N2C)s/c1=C\c1scc[n+]1CCc1ccccc1C(F)(F)F. The molecule has 10 heteroatoms. The lowest BCUT2D eigenvalue weighted by Gasteiger charge is -2.12. The predicted molar refractivity (Wildman–Crippen MR) is 146 cm³/mol. The third kappa shape index (κ3) is 5.02. The Bertz CT molecular complexity index is 1650. The molecule has 1 aliphatic heterocycles. The lowest BCUT2D eigenvalue weighted by atomic mass is 10.0. The van der Waals surface area contributed by atoms with Crippen molar-refractivity contribution < 1.29 is 17.7 Å². The Labute approximate surface area is 224 Å². The van der Waals surface area contributed by atoms with Crippen molar-refractivity contribution in [2.75, 3.05) is 11.9 Å². The first kappa shape index (κ1) is 25.8. The van der Waals surface area contributed by atoms with E-state index in [2.05, 4.69) is 30.0 Å². The molecule has 192 valence electrons. The molecule has 0 aliphatic carbocycles. The molecule has 4 aromatic rings. The number of alkyl halides is 3. The largest absolute Gasteiger partial charge is 0.416 e. The van der Waals surface area contributed by atoms with Crippen LogP contribution in [0, 0.1) is 6.92 Å². The molecule has 0 bridgehead atoms. The minimum Gasteiger partial charge on any atom is -0.337 e. The molecule has 0 N–H and O–H groups in total. The van der Waals surface area contributed by atoms with Crippen molar-refractivity contribution in [2.45, 2.75) is 44.4 Å². The number of aromatic nitrogens is 2. The first-order valence-corrected chi connectivity index (χ1v) is 14.3. The van der Waals surface area contributed by atoms with Gasteiger partial charge >= 0.3 is 6.18 Å². The lowest BCUT2D eigenvalue weighted by Crippen LogP contribution is -2.36. The molecule has 0 unspecified atom stereocenters. The van der Waals surface area contributed by atoms with E-state index in [-0.39, 0.29) is 17.5 Å². The van der Waals surface area contributed by atoms with Crippen LogP contribution >= 0.6 is 34.4 Å². The van der Waals surface area contributed by atoms with Crippen molar-refractivity contribution in [1.29, 1.82) is 0 Å². The van der Waals surface area contributed by atoms with Crippen LogP contribution in [0.15, 0.2) is 63.7 Å². The maximum atomic E-state index is 13.4. The Balaban J connectivity index is 1.51. The summed E-state index contributed by atoms with van der Waals surface area (Å²) in [6.07, 6.45) is -0.275. The summed E-state index contributed by atoms with van der Waals surface area (Å²) < 4.78 is 45.5. The molecule has 0 fully saturated rings. The van der Waals surface area contributed by atoms with Crippen LogP contribution in [-0.2, 0) is 25.7 Å². The number of thioether (sulfide) groups is 1. The summed E-state index contributed by atoms with van der Waals surface area (Å²) in [4.78, 5) is 16.6. The van der Waals surface area contributed by atoms with Gasteiger partial charge in [0.25, 0.3) is 10.6 Å². The van der Waals surface area contributed by atoms with E-state index in [0.717, 1.165) is 31.3 Å². The molecule has 5 rings (SSSR count). The molecule has 0 spiro atoms. The Kier molecular flexibility index (Phi) is 7.08. The highest BCUT2D eigenvalue weighted by Gasteiger charge is 2.33. The fourth-order valence-corrected chi connectivity index (χ4v) is 7.85. The van der Waals surface area contributed by atoms with Gasteiger partial charge in [-0.25, -0.2) is 0 Å². The number of rotatable bonds is 5. The number of hydrogen-bond acceptors (Lipinski definition) is 5. The summed E-state index contributed by atoms with van der Waals surface area (Å²) in [5.41, 5.74) is 1.91. The number of thiazole rings is 2. The molecule has 2 aromatic heterocycles. The molecule has 0 atom stereocenters. The quantitative estimate of drug-likeness (QED) is 0.323. The lowest BCUT2D eigenvalue weighted by molar-refractivity contribution is -0.693. The number of fused-ring (bicyclic) bond motifs is 1. The second-order valence-electron chi connectivity index (χ2n) is 8.74. The summed E-state index contributed by atoms with van der Waals surface area (Å²) in [5, 5.41) is 3.72. The van der Waals surface area contributed by atoms with Gasteiger partial charge < -0.3 is 4.90 Å². The summed E-state index contributed by atoms with van der Waals surface area (Å²) in [5.74, 6) is 0. The van der Waals surface area contributed by atoms with Crippen molar-refractivity contribution in [1.82, 2.24) is 4.57 Å². The van der Waals surface area contributed by atoms with Gasteiger partial charge in [-0.15, -0.1) is 11.3 Å². The highest BCUT2D eigenvalue weighted by atomic mass is 32.2. The van der Waals surface area contributed by atoms with Crippen LogP contribution in [0.1, 0.15) is 28.6 Å². The first-order chi connectivity index (χ1) is 17.7. The van der Waals surface area contributed by atoms with Gasteiger partial charge in [-0.2, -0.15) is 17.7 Å². The van der Waals surface area contributed by atoms with Gasteiger partial charge in [0.15, 0.2) is 12.7 Å². The highest BCUT2D eigenvalue weighted by molar-refractivity contribution is 8.08. The van der Waals surface area contributed by atoms with E-state index in [0.29, 0.717) is 17.6 Å². The molecule has 2 aromatic carbocycles. The second kappa shape index (κ2) is 10.2. The van der Waals surface area contributed by atoms with Crippen molar-refractivity contribution in [3.63, 3.8) is 0 Å². The van der Waals surface area contributed by atoms with Crippen LogP contribution < -0.4 is 24.2 Å². The standard InChI is InChI=1S/C27H25F3N3OS3/c1-4-33-23(37-24(25(33)34)26-31(3)20-10-9-17(2)15-21(20)36-26)16-22-32(13-14-35-22)12-11-18-7-5-6-8-19(18)27(28,29)30/h5-10,13-16H,4,11-12H2,1-3H3/q+1/b26-24+. The number of nitrogens with zero attached hydrogens (tertiary/aromatic N) is 3. The predicted octanol–water partition coefficient (Wildman–Crippen LogP) is 4.99. The summed E-state index contributed by atoms with van der Waals surface area (Å²) in [6, 6.07) is 12.0. The molecule has 37 heavy (non-hydrogen) atoms. The van der Waals surface area contributed by atoms with Gasteiger partial charge in [0.05, 0.1) is 22.7 Å². The highest BCUT2D eigenvalue weighted by Crippen LogP contribution is 2.45. The Morgan fingerprint density at radius 3 is 2.68 bits per heavy atom. The zero-order valence-electron chi connectivity index (χ0n) is 20.5. The van der Waals surface area contributed by atoms with Crippen LogP contribution in [0.3, 0.4) is 0 Å². The Morgan fingerprint density at radius 2 is 1.92 bits per heavy atom. The normalized spacial score (nSPS) is 15.5. The van der Waals surface area contributed by atoms with Crippen molar-refractivity contribution >= 4 is 51.2 Å². The molecular formula is C27H25F3N3OS3+. The van der Waals surface area contributed by atoms with Gasteiger partial charge in [0, 0.05) is 24.9 Å². The minimum absolute atomic E-state index is 0.0279. The number of benzene rings is 2. The van der Waals surface area contributed by atoms with E-state index in [4.69, 9.17) is 0 Å². The molecule has 4 nitrogen and oxygen atoms in total. The zero-order valence-corrected chi connectivity index (χ0v) is 23.0. The molecule has 1 aliphatic rings.